The van der Waals surface area contributed by atoms with Crippen LogP contribution in [0.25, 0.3) is 0 Å². The molecule has 0 aliphatic heterocycles. The molecule has 0 aliphatic rings. The Kier molecular flexibility index (Phi) is 6.90. The van der Waals surface area contributed by atoms with Crippen molar-refractivity contribution in [3.05, 3.63) is 0 Å². The van der Waals surface area contributed by atoms with Gasteiger partial charge in [0.15, 0.2) is 0 Å². The van der Waals surface area contributed by atoms with Gasteiger partial charge in [0, 0.05) is 24.4 Å². The Balaban J connectivity index is 3.63. The monoisotopic (exact) mass is 191 g/mol. The molecule has 0 saturated heterocycles. The lowest BCUT2D eigenvalue weighted by atomic mass is 9.95. The number of thioether (sulfide) groups is 1. The summed E-state index contributed by atoms with van der Waals surface area (Å²) in [7, 11) is 0. The standard InChI is InChI=1S/C9H21NOS/c1-4-9(2,5-7-11)10-6-8-12-3/h10-11H,4-8H2,1-3H3. The first-order valence-electron chi connectivity index (χ1n) is 4.53. The molecular formula is C9H21NOS. The van der Waals surface area contributed by atoms with Gasteiger partial charge in [-0.3, -0.25) is 0 Å². The second-order valence-electron chi connectivity index (χ2n) is 3.31. The van der Waals surface area contributed by atoms with Crippen molar-refractivity contribution in [2.24, 2.45) is 0 Å². The summed E-state index contributed by atoms with van der Waals surface area (Å²) in [5, 5.41) is 12.3. The molecule has 0 aromatic rings. The lowest BCUT2D eigenvalue weighted by Gasteiger charge is -2.29. The van der Waals surface area contributed by atoms with Crippen LogP contribution in [0.5, 0.6) is 0 Å². The minimum absolute atomic E-state index is 0.129. The molecule has 0 spiro atoms. The molecule has 0 rings (SSSR count). The van der Waals surface area contributed by atoms with E-state index in [0.29, 0.717) is 0 Å². The fourth-order valence-corrected chi connectivity index (χ4v) is 1.40. The van der Waals surface area contributed by atoms with Crippen LogP contribution < -0.4 is 5.32 Å². The van der Waals surface area contributed by atoms with Gasteiger partial charge in [-0.25, -0.2) is 0 Å². The van der Waals surface area contributed by atoms with Gasteiger partial charge in [-0.1, -0.05) is 6.92 Å². The van der Waals surface area contributed by atoms with Crippen molar-refractivity contribution in [3.8, 4) is 0 Å². The van der Waals surface area contributed by atoms with E-state index in [-0.39, 0.29) is 12.1 Å². The van der Waals surface area contributed by atoms with Crippen molar-refractivity contribution in [1.29, 1.82) is 0 Å². The Bertz CT molecular complexity index is 111. The van der Waals surface area contributed by atoms with Gasteiger partial charge in [-0.15, -0.1) is 0 Å². The molecule has 0 aliphatic carbocycles. The second-order valence-corrected chi connectivity index (χ2v) is 4.29. The highest BCUT2D eigenvalue weighted by Gasteiger charge is 2.19. The molecule has 1 atom stereocenters. The highest BCUT2D eigenvalue weighted by Crippen LogP contribution is 2.13. The molecule has 0 bridgehead atoms. The third-order valence-electron chi connectivity index (χ3n) is 2.30. The predicted molar refractivity (Wildman–Crippen MR) is 56.8 cm³/mol. The van der Waals surface area contributed by atoms with Crippen molar-refractivity contribution in [2.75, 3.05) is 25.2 Å². The summed E-state index contributed by atoms with van der Waals surface area (Å²) in [6.07, 6.45) is 4.02. The lowest BCUT2D eigenvalue weighted by Crippen LogP contribution is -2.43. The number of hydrogen-bond acceptors (Lipinski definition) is 3. The largest absolute Gasteiger partial charge is 0.396 e. The third kappa shape index (κ3) is 5.01. The van der Waals surface area contributed by atoms with E-state index in [9.17, 15) is 0 Å². The molecule has 0 aromatic heterocycles. The fraction of sp³-hybridized carbons (Fsp3) is 1.00. The van der Waals surface area contributed by atoms with Crippen molar-refractivity contribution in [3.63, 3.8) is 0 Å². The minimum atomic E-state index is 0.129. The fourth-order valence-electron chi connectivity index (χ4n) is 1.09. The van der Waals surface area contributed by atoms with Crippen LogP contribution in [0.2, 0.25) is 0 Å². The van der Waals surface area contributed by atoms with Crippen molar-refractivity contribution in [1.82, 2.24) is 5.32 Å². The zero-order valence-corrected chi connectivity index (χ0v) is 9.21. The first-order chi connectivity index (χ1) is 5.68. The van der Waals surface area contributed by atoms with Crippen LogP contribution in [0.3, 0.4) is 0 Å². The predicted octanol–water partition coefficient (Wildman–Crippen LogP) is 1.49. The summed E-state index contributed by atoms with van der Waals surface area (Å²) in [5.41, 5.74) is 0.129. The van der Waals surface area contributed by atoms with Crippen LogP contribution in [-0.2, 0) is 0 Å². The number of aliphatic hydroxyl groups is 1. The number of aliphatic hydroxyl groups excluding tert-OH is 1. The van der Waals surface area contributed by atoms with Crippen LogP contribution in [-0.4, -0.2) is 35.8 Å². The molecule has 12 heavy (non-hydrogen) atoms. The van der Waals surface area contributed by atoms with Gasteiger partial charge in [-0.2, -0.15) is 11.8 Å². The second kappa shape index (κ2) is 6.75. The maximum Gasteiger partial charge on any atom is 0.0448 e. The Morgan fingerprint density at radius 3 is 2.58 bits per heavy atom. The molecule has 2 nitrogen and oxygen atoms in total. The molecule has 3 heteroatoms. The maximum atomic E-state index is 8.84. The van der Waals surface area contributed by atoms with E-state index in [4.69, 9.17) is 5.11 Å². The van der Waals surface area contributed by atoms with Gasteiger partial charge in [0.05, 0.1) is 0 Å². The summed E-state index contributed by atoms with van der Waals surface area (Å²) >= 11 is 1.85. The molecule has 0 saturated carbocycles. The quantitative estimate of drug-likeness (QED) is 0.598. The summed E-state index contributed by atoms with van der Waals surface area (Å²) < 4.78 is 0. The van der Waals surface area contributed by atoms with Gasteiger partial charge in [-0.05, 0) is 26.0 Å². The zero-order chi connectivity index (χ0) is 9.45. The normalized spacial score (nSPS) is 16.0. The van der Waals surface area contributed by atoms with Gasteiger partial charge < -0.3 is 10.4 Å². The van der Waals surface area contributed by atoms with Crippen molar-refractivity contribution in [2.45, 2.75) is 32.2 Å². The first kappa shape index (κ1) is 12.3. The van der Waals surface area contributed by atoms with E-state index >= 15 is 0 Å². The van der Waals surface area contributed by atoms with Crippen molar-refractivity contribution >= 4 is 11.8 Å². The molecule has 0 radical (unpaired) electrons. The van der Waals surface area contributed by atoms with Gasteiger partial charge >= 0.3 is 0 Å². The zero-order valence-electron chi connectivity index (χ0n) is 8.39. The van der Waals surface area contributed by atoms with E-state index in [2.05, 4.69) is 25.4 Å². The van der Waals surface area contributed by atoms with Crippen LogP contribution in [0.4, 0.5) is 0 Å². The van der Waals surface area contributed by atoms with Gasteiger partial charge in [0.25, 0.3) is 0 Å². The Morgan fingerprint density at radius 1 is 1.50 bits per heavy atom. The van der Waals surface area contributed by atoms with Crippen LogP contribution in [0.15, 0.2) is 0 Å². The molecular weight excluding hydrogens is 170 g/mol. The first-order valence-corrected chi connectivity index (χ1v) is 5.92. The van der Waals surface area contributed by atoms with Crippen LogP contribution in [0, 0.1) is 0 Å². The van der Waals surface area contributed by atoms with Crippen LogP contribution >= 0.6 is 11.8 Å². The summed E-state index contributed by atoms with van der Waals surface area (Å²) in [6, 6.07) is 0. The van der Waals surface area contributed by atoms with E-state index < -0.39 is 0 Å². The molecule has 0 heterocycles. The average Bonchev–Trinajstić information content (AvgIpc) is 2.06. The molecule has 0 amide bonds. The van der Waals surface area contributed by atoms with Crippen molar-refractivity contribution < 1.29 is 5.11 Å². The summed E-state index contributed by atoms with van der Waals surface area (Å²) in [6.45, 7) is 5.63. The van der Waals surface area contributed by atoms with Gasteiger partial charge in [0.1, 0.15) is 0 Å². The SMILES string of the molecule is CCC(C)(CCO)NCCSC. The lowest BCUT2D eigenvalue weighted by molar-refractivity contribution is 0.218. The Hall–Kier alpha value is 0.270. The van der Waals surface area contributed by atoms with E-state index in [1.54, 1.807) is 0 Å². The summed E-state index contributed by atoms with van der Waals surface area (Å²) in [4.78, 5) is 0. The number of nitrogens with one attached hydrogen (secondary N) is 1. The maximum absolute atomic E-state index is 8.84. The smallest absolute Gasteiger partial charge is 0.0448 e. The summed E-state index contributed by atoms with van der Waals surface area (Å²) in [5.74, 6) is 1.14. The minimum Gasteiger partial charge on any atom is -0.396 e. The number of rotatable bonds is 7. The third-order valence-corrected chi connectivity index (χ3v) is 2.91. The molecule has 1 unspecified atom stereocenters. The van der Waals surface area contributed by atoms with E-state index in [1.165, 1.54) is 0 Å². The molecule has 0 fully saturated rings. The Morgan fingerprint density at radius 2 is 2.17 bits per heavy atom. The highest BCUT2D eigenvalue weighted by atomic mass is 32.2. The van der Waals surface area contributed by atoms with Gasteiger partial charge in [0.2, 0.25) is 0 Å². The topological polar surface area (TPSA) is 32.3 Å². The van der Waals surface area contributed by atoms with E-state index in [1.807, 2.05) is 11.8 Å². The molecule has 74 valence electrons. The highest BCUT2D eigenvalue weighted by molar-refractivity contribution is 7.98. The average molecular weight is 191 g/mol. The molecule has 2 N–H and O–H groups in total. The van der Waals surface area contributed by atoms with Crippen LogP contribution in [0.1, 0.15) is 26.7 Å². The number of hydrogen-bond donors (Lipinski definition) is 2. The Labute approximate surface area is 80.1 Å². The van der Waals surface area contributed by atoms with E-state index in [0.717, 1.165) is 25.1 Å². The molecule has 0 aromatic carbocycles.